The zero-order chi connectivity index (χ0) is 14.2. The summed E-state index contributed by atoms with van der Waals surface area (Å²) in [5.41, 5.74) is 6.01. The van der Waals surface area contributed by atoms with Crippen molar-refractivity contribution in [1.82, 2.24) is 5.32 Å². The zero-order valence-electron chi connectivity index (χ0n) is 12.0. The van der Waals surface area contributed by atoms with E-state index in [4.69, 9.17) is 5.73 Å². The van der Waals surface area contributed by atoms with Gasteiger partial charge in [-0.2, -0.15) is 0 Å². The predicted octanol–water partition coefficient (Wildman–Crippen LogP) is 2.52. The number of amides is 1. The number of carbonyl (C=O) groups excluding carboxylic acids is 1. The number of nitrogens with one attached hydrogen (secondary N) is 1. The van der Waals surface area contributed by atoms with E-state index in [2.05, 4.69) is 5.32 Å². The molecule has 1 aromatic rings. The molecule has 0 spiro atoms. The van der Waals surface area contributed by atoms with Crippen LogP contribution in [0, 0.1) is 11.7 Å². The highest BCUT2D eigenvalue weighted by atomic mass is 35.5. The molecule has 0 aromatic heterocycles. The average Bonchev–Trinajstić information content (AvgIpc) is 3.19. The Morgan fingerprint density at radius 1 is 1.43 bits per heavy atom. The molecule has 0 saturated heterocycles. The first-order valence-corrected chi connectivity index (χ1v) is 7.43. The molecule has 1 aromatic carbocycles. The highest BCUT2D eigenvalue weighted by Crippen LogP contribution is 2.44. The molecule has 1 unspecified atom stereocenters. The molecular weight excluding hydrogens is 291 g/mol. The maximum Gasteiger partial charge on any atom is 0.230 e. The van der Waals surface area contributed by atoms with Crippen molar-refractivity contribution in [2.24, 2.45) is 11.7 Å². The zero-order valence-corrected chi connectivity index (χ0v) is 12.8. The fraction of sp³-hybridized carbons (Fsp3) is 0.562. The number of hydrogen-bond acceptors (Lipinski definition) is 2. The Bertz CT molecular complexity index is 515. The van der Waals surface area contributed by atoms with Crippen molar-refractivity contribution >= 4 is 18.3 Å². The van der Waals surface area contributed by atoms with Crippen LogP contribution in [0.4, 0.5) is 4.39 Å². The molecule has 116 valence electrons. The highest BCUT2D eigenvalue weighted by Gasteiger charge is 2.47. The molecule has 3 nitrogen and oxygen atoms in total. The van der Waals surface area contributed by atoms with E-state index in [1.54, 1.807) is 6.07 Å². The van der Waals surface area contributed by atoms with Crippen LogP contribution in [0.25, 0.3) is 0 Å². The lowest BCUT2D eigenvalue weighted by Gasteiger charge is -2.41. The minimum absolute atomic E-state index is 0. The number of halogens is 2. The van der Waals surface area contributed by atoms with Gasteiger partial charge in [0, 0.05) is 12.6 Å². The summed E-state index contributed by atoms with van der Waals surface area (Å²) in [4.78, 5) is 12.7. The van der Waals surface area contributed by atoms with E-state index in [0.717, 1.165) is 37.7 Å². The third kappa shape index (κ3) is 3.06. The molecule has 0 bridgehead atoms. The van der Waals surface area contributed by atoms with E-state index in [-0.39, 0.29) is 30.2 Å². The molecule has 3 N–H and O–H groups in total. The number of benzene rings is 1. The predicted molar refractivity (Wildman–Crippen MR) is 82.9 cm³/mol. The topological polar surface area (TPSA) is 55.1 Å². The molecule has 1 amide bonds. The number of rotatable bonds is 5. The molecule has 3 rings (SSSR count). The van der Waals surface area contributed by atoms with Crippen LogP contribution in [-0.2, 0) is 10.2 Å². The van der Waals surface area contributed by atoms with Crippen molar-refractivity contribution in [1.29, 1.82) is 0 Å². The summed E-state index contributed by atoms with van der Waals surface area (Å²) < 4.78 is 13.4. The molecular formula is C16H22ClFN2O. The first-order chi connectivity index (χ1) is 9.65. The summed E-state index contributed by atoms with van der Waals surface area (Å²) in [7, 11) is 0. The third-order valence-corrected chi connectivity index (χ3v) is 4.78. The molecule has 2 aliphatic rings. The third-order valence-electron chi connectivity index (χ3n) is 4.78. The second-order valence-electron chi connectivity index (χ2n) is 6.10. The SMILES string of the molecule is Cl.NCC(NC(=O)C1(c2cccc(F)c2)CCC1)C1CC1. The second kappa shape index (κ2) is 6.32. The summed E-state index contributed by atoms with van der Waals surface area (Å²) in [6.45, 7) is 0.482. The van der Waals surface area contributed by atoms with E-state index in [1.807, 2.05) is 6.07 Å². The van der Waals surface area contributed by atoms with Crippen LogP contribution < -0.4 is 11.1 Å². The van der Waals surface area contributed by atoms with Gasteiger partial charge < -0.3 is 11.1 Å². The van der Waals surface area contributed by atoms with Crippen molar-refractivity contribution in [3.63, 3.8) is 0 Å². The number of carbonyl (C=O) groups is 1. The Balaban J connectivity index is 0.00000161. The van der Waals surface area contributed by atoms with Crippen molar-refractivity contribution < 1.29 is 9.18 Å². The number of nitrogens with two attached hydrogens (primary N) is 1. The van der Waals surface area contributed by atoms with Gasteiger partial charge in [0.15, 0.2) is 0 Å². The van der Waals surface area contributed by atoms with Crippen LogP contribution in [-0.4, -0.2) is 18.5 Å². The largest absolute Gasteiger partial charge is 0.351 e. The van der Waals surface area contributed by atoms with E-state index < -0.39 is 5.41 Å². The van der Waals surface area contributed by atoms with Gasteiger partial charge in [0.2, 0.25) is 5.91 Å². The standard InChI is InChI=1S/C16H21FN2O.ClH/c17-13-4-1-3-12(9-13)16(7-2-8-16)15(20)19-14(10-18)11-5-6-11;/h1,3-4,9,11,14H,2,5-8,10,18H2,(H,19,20);1H. The summed E-state index contributed by atoms with van der Waals surface area (Å²) >= 11 is 0. The molecule has 1 atom stereocenters. The van der Waals surface area contributed by atoms with E-state index in [1.165, 1.54) is 12.1 Å². The monoisotopic (exact) mass is 312 g/mol. The van der Waals surface area contributed by atoms with Crippen LogP contribution in [0.3, 0.4) is 0 Å². The Hall–Kier alpha value is -1.13. The molecule has 2 saturated carbocycles. The average molecular weight is 313 g/mol. The molecule has 0 radical (unpaired) electrons. The lowest BCUT2D eigenvalue weighted by Crippen LogP contribution is -2.54. The van der Waals surface area contributed by atoms with Gasteiger partial charge in [0.05, 0.1) is 5.41 Å². The van der Waals surface area contributed by atoms with Crippen LogP contribution in [0.1, 0.15) is 37.7 Å². The maximum atomic E-state index is 13.4. The van der Waals surface area contributed by atoms with Crippen LogP contribution >= 0.6 is 12.4 Å². The van der Waals surface area contributed by atoms with E-state index in [9.17, 15) is 9.18 Å². The van der Waals surface area contributed by atoms with Gasteiger partial charge in [-0.15, -0.1) is 12.4 Å². The lowest BCUT2D eigenvalue weighted by atomic mass is 9.63. The van der Waals surface area contributed by atoms with Gasteiger partial charge in [-0.05, 0) is 49.3 Å². The van der Waals surface area contributed by atoms with Gasteiger partial charge in [-0.25, -0.2) is 4.39 Å². The first-order valence-electron chi connectivity index (χ1n) is 7.43. The smallest absolute Gasteiger partial charge is 0.230 e. The van der Waals surface area contributed by atoms with E-state index >= 15 is 0 Å². The van der Waals surface area contributed by atoms with Crippen molar-refractivity contribution in [2.45, 2.75) is 43.6 Å². The first kappa shape index (κ1) is 16.2. The quantitative estimate of drug-likeness (QED) is 0.878. The second-order valence-corrected chi connectivity index (χ2v) is 6.10. The van der Waals surface area contributed by atoms with Gasteiger partial charge in [0.25, 0.3) is 0 Å². The molecule has 2 fully saturated rings. The Kier molecular flexibility index (Phi) is 4.89. The Morgan fingerprint density at radius 2 is 2.14 bits per heavy atom. The maximum absolute atomic E-state index is 13.4. The van der Waals surface area contributed by atoms with Crippen molar-refractivity contribution in [3.8, 4) is 0 Å². The molecule has 0 heterocycles. The van der Waals surface area contributed by atoms with Gasteiger partial charge in [0.1, 0.15) is 5.82 Å². The van der Waals surface area contributed by atoms with Gasteiger partial charge in [-0.1, -0.05) is 18.6 Å². The van der Waals surface area contributed by atoms with Crippen molar-refractivity contribution in [2.75, 3.05) is 6.54 Å². The van der Waals surface area contributed by atoms with Gasteiger partial charge >= 0.3 is 0 Å². The lowest BCUT2D eigenvalue weighted by molar-refractivity contribution is -0.130. The molecule has 2 aliphatic carbocycles. The van der Waals surface area contributed by atoms with Crippen LogP contribution in [0.5, 0.6) is 0 Å². The number of hydrogen-bond donors (Lipinski definition) is 2. The minimum Gasteiger partial charge on any atom is -0.351 e. The highest BCUT2D eigenvalue weighted by molar-refractivity contribution is 5.89. The molecule has 5 heteroatoms. The van der Waals surface area contributed by atoms with E-state index in [0.29, 0.717) is 12.5 Å². The van der Waals surface area contributed by atoms with Crippen molar-refractivity contribution in [3.05, 3.63) is 35.6 Å². The normalized spacial score (nSPS) is 20.9. The fourth-order valence-electron chi connectivity index (χ4n) is 3.14. The minimum atomic E-state index is -0.537. The Morgan fingerprint density at radius 3 is 2.62 bits per heavy atom. The summed E-state index contributed by atoms with van der Waals surface area (Å²) in [6, 6.07) is 6.53. The van der Waals surface area contributed by atoms with Crippen LogP contribution in [0.15, 0.2) is 24.3 Å². The summed E-state index contributed by atoms with van der Waals surface area (Å²) in [5.74, 6) is 0.282. The van der Waals surface area contributed by atoms with Gasteiger partial charge in [-0.3, -0.25) is 4.79 Å². The Labute approximate surface area is 130 Å². The summed E-state index contributed by atoms with van der Waals surface area (Å²) in [5, 5.41) is 3.10. The van der Waals surface area contributed by atoms with Crippen LogP contribution in [0.2, 0.25) is 0 Å². The molecule has 0 aliphatic heterocycles. The summed E-state index contributed by atoms with van der Waals surface area (Å²) in [6.07, 6.45) is 4.90. The fourth-order valence-corrected chi connectivity index (χ4v) is 3.14. The molecule has 21 heavy (non-hydrogen) atoms.